The predicted octanol–water partition coefficient (Wildman–Crippen LogP) is 3.50. The average molecular weight is 462 g/mol. The van der Waals surface area contributed by atoms with Crippen LogP contribution in [0.2, 0.25) is 0 Å². The summed E-state index contributed by atoms with van der Waals surface area (Å²) >= 11 is 0. The van der Waals surface area contributed by atoms with Gasteiger partial charge in [-0.25, -0.2) is 0 Å². The quantitative estimate of drug-likeness (QED) is 0.370. The summed E-state index contributed by atoms with van der Waals surface area (Å²) in [7, 11) is 1.82. The van der Waals surface area contributed by atoms with Gasteiger partial charge < -0.3 is 15.2 Å². The second-order valence-corrected chi connectivity index (χ2v) is 7.29. The Morgan fingerprint density at radius 2 is 1.96 bits per heavy atom. The molecule has 1 aromatic heterocycles. The molecule has 2 N–H and O–H groups in total. The molecule has 25 heavy (non-hydrogen) atoms. The number of hydrogen-bond donors (Lipinski definition) is 2. The van der Waals surface area contributed by atoms with Crippen LogP contribution >= 0.6 is 24.0 Å². The minimum Gasteiger partial charge on any atom is -0.354 e. The number of fused-ring (bicyclic) bond motifs is 1. The highest BCUT2D eigenvalue weighted by molar-refractivity contribution is 14.0. The van der Waals surface area contributed by atoms with Crippen LogP contribution in [-0.4, -0.2) is 33.8 Å². The second-order valence-electron chi connectivity index (χ2n) is 7.29. The molecule has 1 aromatic rings. The lowest BCUT2D eigenvalue weighted by molar-refractivity contribution is 0.490. The highest BCUT2D eigenvalue weighted by Gasteiger charge is 2.15. The van der Waals surface area contributed by atoms with Crippen molar-refractivity contribution in [3.63, 3.8) is 0 Å². The predicted molar refractivity (Wildman–Crippen MR) is 114 cm³/mol. The zero-order chi connectivity index (χ0) is 17.4. The number of nitrogens with one attached hydrogen (secondary N) is 2. The molecular weight excluding hydrogens is 427 g/mol. The van der Waals surface area contributed by atoms with Gasteiger partial charge in [0.1, 0.15) is 5.82 Å². The lowest BCUT2D eigenvalue weighted by atomic mass is 10.0. The van der Waals surface area contributed by atoms with Crippen LogP contribution in [0.4, 0.5) is 0 Å². The molecule has 1 aliphatic rings. The van der Waals surface area contributed by atoms with Gasteiger partial charge in [0.2, 0.25) is 0 Å². The van der Waals surface area contributed by atoms with Crippen LogP contribution in [0.3, 0.4) is 0 Å². The molecule has 2 heterocycles. The van der Waals surface area contributed by atoms with Crippen molar-refractivity contribution in [2.75, 3.05) is 7.05 Å². The minimum atomic E-state index is 0. The molecule has 2 rings (SSSR count). The van der Waals surface area contributed by atoms with Crippen LogP contribution in [0.1, 0.15) is 70.9 Å². The fourth-order valence-corrected chi connectivity index (χ4v) is 3.17. The largest absolute Gasteiger partial charge is 0.354 e. The molecule has 0 radical (unpaired) electrons. The SMILES string of the molecule is CN=C(NCc1nnc2n1CCCCC2)NC(C)CCCC(C)C.I. The van der Waals surface area contributed by atoms with Crippen molar-refractivity contribution < 1.29 is 0 Å². The van der Waals surface area contributed by atoms with E-state index in [4.69, 9.17) is 0 Å². The molecule has 0 saturated carbocycles. The first-order valence-corrected chi connectivity index (χ1v) is 9.48. The van der Waals surface area contributed by atoms with Crippen molar-refractivity contribution in [2.24, 2.45) is 10.9 Å². The fourth-order valence-electron chi connectivity index (χ4n) is 3.17. The number of aromatic nitrogens is 3. The Morgan fingerprint density at radius 1 is 1.16 bits per heavy atom. The Kier molecular flexibility index (Phi) is 10.4. The zero-order valence-electron chi connectivity index (χ0n) is 16.2. The van der Waals surface area contributed by atoms with Crippen LogP contribution < -0.4 is 10.6 Å². The van der Waals surface area contributed by atoms with Crippen molar-refractivity contribution in [2.45, 2.75) is 84.8 Å². The van der Waals surface area contributed by atoms with Crippen molar-refractivity contribution in [3.8, 4) is 0 Å². The van der Waals surface area contributed by atoms with Crippen molar-refractivity contribution in [1.29, 1.82) is 0 Å². The third kappa shape index (κ3) is 7.50. The third-order valence-corrected chi connectivity index (χ3v) is 4.63. The Balaban J connectivity index is 0.00000312. The monoisotopic (exact) mass is 462 g/mol. The summed E-state index contributed by atoms with van der Waals surface area (Å²) in [4.78, 5) is 4.34. The molecule has 0 amide bonds. The van der Waals surface area contributed by atoms with Crippen molar-refractivity contribution in [1.82, 2.24) is 25.4 Å². The van der Waals surface area contributed by atoms with Gasteiger partial charge >= 0.3 is 0 Å². The molecule has 6 nitrogen and oxygen atoms in total. The maximum Gasteiger partial charge on any atom is 0.191 e. The topological polar surface area (TPSA) is 67.1 Å². The molecule has 1 aliphatic heterocycles. The summed E-state index contributed by atoms with van der Waals surface area (Å²) < 4.78 is 2.28. The maximum absolute atomic E-state index is 4.36. The van der Waals surface area contributed by atoms with E-state index in [9.17, 15) is 0 Å². The van der Waals surface area contributed by atoms with Gasteiger partial charge in [-0.3, -0.25) is 4.99 Å². The van der Waals surface area contributed by atoms with Gasteiger partial charge in [-0.1, -0.05) is 33.1 Å². The van der Waals surface area contributed by atoms with E-state index < -0.39 is 0 Å². The highest BCUT2D eigenvalue weighted by Crippen LogP contribution is 2.14. The van der Waals surface area contributed by atoms with Crippen LogP contribution in [0.15, 0.2) is 4.99 Å². The van der Waals surface area contributed by atoms with Crippen LogP contribution in [0.25, 0.3) is 0 Å². The number of halogens is 1. The molecule has 144 valence electrons. The first-order valence-electron chi connectivity index (χ1n) is 9.48. The molecule has 0 aromatic carbocycles. The van der Waals surface area contributed by atoms with Gasteiger partial charge in [-0.2, -0.15) is 0 Å². The molecule has 0 saturated heterocycles. The summed E-state index contributed by atoms with van der Waals surface area (Å²) in [5.41, 5.74) is 0. The molecule has 0 spiro atoms. The van der Waals surface area contributed by atoms with E-state index in [1.54, 1.807) is 0 Å². The Morgan fingerprint density at radius 3 is 2.68 bits per heavy atom. The molecule has 0 bridgehead atoms. The number of rotatable bonds is 7. The van der Waals surface area contributed by atoms with E-state index in [-0.39, 0.29) is 24.0 Å². The van der Waals surface area contributed by atoms with E-state index in [1.165, 1.54) is 38.5 Å². The Labute approximate surface area is 169 Å². The van der Waals surface area contributed by atoms with E-state index in [0.29, 0.717) is 12.6 Å². The smallest absolute Gasteiger partial charge is 0.191 e. The fraction of sp³-hybridized carbons (Fsp3) is 0.833. The number of hydrogen-bond acceptors (Lipinski definition) is 3. The molecule has 1 atom stereocenters. The summed E-state index contributed by atoms with van der Waals surface area (Å²) in [5.74, 6) is 3.77. The molecule has 7 heteroatoms. The normalized spacial score (nSPS) is 16.0. The van der Waals surface area contributed by atoms with Gasteiger partial charge in [0.05, 0.1) is 6.54 Å². The van der Waals surface area contributed by atoms with E-state index in [2.05, 4.69) is 51.2 Å². The van der Waals surface area contributed by atoms with Crippen molar-refractivity contribution >= 4 is 29.9 Å². The van der Waals surface area contributed by atoms with Crippen LogP contribution in [-0.2, 0) is 19.5 Å². The van der Waals surface area contributed by atoms with Gasteiger partial charge in [0.15, 0.2) is 11.8 Å². The highest BCUT2D eigenvalue weighted by atomic mass is 127. The number of aliphatic imine (C=N–C) groups is 1. The summed E-state index contributed by atoms with van der Waals surface area (Å²) in [6.07, 6.45) is 8.48. The maximum atomic E-state index is 4.36. The van der Waals surface area contributed by atoms with Gasteiger partial charge in [0, 0.05) is 26.1 Å². The molecule has 0 fully saturated rings. The second kappa shape index (κ2) is 11.7. The standard InChI is InChI=1S/C18H34N6.HI/c1-14(2)9-8-10-15(3)21-18(19-4)20-13-17-23-22-16-11-6-5-7-12-24(16)17;/h14-15H,5-13H2,1-4H3,(H2,19,20,21);1H. The van der Waals surface area contributed by atoms with Gasteiger partial charge in [-0.05, 0) is 32.1 Å². The first kappa shape index (κ1) is 22.2. The lowest BCUT2D eigenvalue weighted by Crippen LogP contribution is -2.42. The Bertz CT molecular complexity index is 526. The van der Waals surface area contributed by atoms with E-state index >= 15 is 0 Å². The van der Waals surface area contributed by atoms with Crippen LogP contribution in [0, 0.1) is 5.92 Å². The zero-order valence-corrected chi connectivity index (χ0v) is 18.5. The lowest BCUT2D eigenvalue weighted by Gasteiger charge is -2.18. The van der Waals surface area contributed by atoms with E-state index in [0.717, 1.165) is 36.5 Å². The minimum absolute atomic E-state index is 0. The Hall–Kier alpha value is -0.860. The summed E-state index contributed by atoms with van der Waals surface area (Å²) in [6.45, 7) is 8.48. The first-order chi connectivity index (χ1) is 11.6. The molecular formula is C18H35IN6. The summed E-state index contributed by atoms with van der Waals surface area (Å²) in [6, 6.07) is 0.422. The number of nitrogens with zero attached hydrogens (tertiary/aromatic N) is 4. The molecule has 0 aliphatic carbocycles. The summed E-state index contributed by atoms with van der Waals surface area (Å²) in [5, 5.41) is 15.6. The van der Waals surface area contributed by atoms with Gasteiger partial charge in [0.25, 0.3) is 0 Å². The number of aryl methyl sites for hydroxylation is 1. The average Bonchev–Trinajstić information content (AvgIpc) is 2.78. The molecule has 1 unspecified atom stereocenters. The van der Waals surface area contributed by atoms with Gasteiger partial charge in [-0.15, -0.1) is 34.2 Å². The third-order valence-electron chi connectivity index (χ3n) is 4.63. The van der Waals surface area contributed by atoms with E-state index in [1.807, 2.05) is 7.05 Å². The van der Waals surface area contributed by atoms with Crippen LogP contribution in [0.5, 0.6) is 0 Å². The number of guanidine groups is 1. The van der Waals surface area contributed by atoms with Crippen molar-refractivity contribution in [3.05, 3.63) is 11.6 Å².